The Bertz CT molecular complexity index is 115. The van der Waals surface area contributed by atoms with E-state index in [0.717, 1.165) is 0 Å². The SMILES string of the molecule is CCCCN(C)CCCCCNCCC. The van der Waals surface area contributed by atoms with E-state index in [0.29, 0.717) is 0 Å². The number of rotatable bonds is 11. The van der Waals surface area contributed by atoms with Gasteiger partial charge < -0.3 is 10.2 Å². The van der Waals surface area contributed by atoms with E-state index in [-0.39, 0.29) is 0 Å². The van der Waals surface area contributed by atoms with Gasteiger partial charge in [-0.25, -0.2) is 0 Å². The minimum absolute atomic E-state index is 1.18. The fraction of sp³-hybridized carbons (Fsp3) is 1.00. The molecule has 0 bridgehead atoms. The molecule has 0 aliphatic carbocycles. The zero-order chi connectivity index (χ0) is 11.4. The van der Waals surface area contributed by atoms with Crippen LogP contribution in [0.15, 0.2) is 0 Å². The summed E-state index contributed by atoms with van der Waals surface area (Å²) in [6.07, 6.45) is 7.96. The summed E-state index contributed by atoms with van der Waals surface area (Å²) in [6, 6.07) is 0. The van der Waals surface area contributed by atoms with Gasteiger partial charge in [-0.1, -0.05) is 26.7 Å². The predicted octanol–water partition coefficient (Wildman–Crippen LogP) is 2.89. The fourth-order valence-electron chi connectivity index (χ4n) is 1.65. The molecule has 0 atom stereocenters. The van der Waals surface area contributed by atoms with Gasteiger partial charge in [0.1, 0.15) is 0 Å². The first kappa shape index (κ1) is 14.9. The maximum Gasteiger partial charge on any atom is -0.00218 e. The normalized spacial score (nSPS) is 11.2. The second-order valence-electron chi connectivity index (χ2n) is 4.47. The standard InChI is InChI=1S/C13H30N2/c1-4-6-12-15(3)13-9-7-8-11-14-10-5-2/h14H,4-13H2,1-3H3. The van der Waals surface area contributed by atoms with Gasteiger partial charge >= 0.3 is 0 Å². The van der Waals surface area contributed by atoms with Crippen LogP contribution < -0.4 is 5.32 Å². The highest BCUT2D eigenvalue weighted by atomic mass is 15.1. The molecule has 0 aromatic carbocycles. The van der Waals surface area contributed by atoms with E-state index in [9.17, 15) is 0 Å². The molecule has 15 heavy (non-hydrogen) atoms. The van der Waals surface area contributed by atoms with E-state index < -0.39 is 0 Å². The van der Waals surface area contributed by atoms with E-state index in [1.54, 1.807) is 0 Å². The molecular formula is C13H30N2. The predicted molar refractivity (Wildman–Crippen MR) is 69.4 cm³/mol. The Hall–Kier alpha value is -0.0800. The quantitative estimate of drug-likeness (QED) is 0.532. The molecule has 0 saturated carbocycles. The molecule has 0 radical (unpaired) electrons. The van der Waals surface area contributed by atoms with Crippen LogP contribution in [0.1, 0.15) is 52.4 Å². The van der Waals surface area contributed by atoms with Crippen LogP contribution in [-0.4, -0.2) is 38.1 Å². The average Bonchev–Trinajstić information content (AvgIpc) is 2.25. The summed E-state index contributed by atoms with van der Waals surface area (Å²) < 4.78 is 0. The van der Waals surface area contributed by atoms with E-state index >= 15 is 0 Å². The number of hydrogen-bond donors (Lipinski definition) is 1. The van der Waals surface area contributed by atoms with Crippen molar-refractivity contribution in [2.24, 2.45) is 0 Å². The first-order chi connectivity index (χ1) is 7.31. The molecule has 0 heterocycles. The molecule has 0 spiro atoms. The lowest BCUT2D eigenvalue weighted by atomic mass is 10.2. The zero-order valence-electron chi connectivity index (χ0n) is 11.0. The van der Waals surface area contributed by atoms with E-state index in [1.165, 1.54) is 64.7 Å². The first-order valence-electron chi connectivity index (χ1n) is 6.70. The Labute approximate surface area is 96.4 Å². The maximum atomic E-state index is 3.44. The average molecular weight is 214 g/mol. The second kappa shape index (κ2) is 12.0. The molecular weight excluding hydrogens is 184 g/mol. The summed E-state index contributed by atoms with van der Waals surface area (Å²) in [6.45, 7) is 9.39. The number of hydrogen-bond acceptors (Lipinski definition) is 2. The Morgan fingerprint density at radius 3 is 2.20 bits per heavy atom. The third-order valence-corrected chi connectivity index (χ3v) is 2.71. The third-order valence-electron chi connectivity index (χ3n) is 2.71. The topological polar surface area (TPSA) is 15.3 Å². The molecule has 0 amide bonds. The Kier molecular flexibility index (Phi) is 11.9. The summed E-state index contributed by atoms with van der Waals surface area (Å²) in [5.74, 6) is 0. The van der Waals surface area contributed by atoms with Crippen LogP contribution in [-0.2, 0) is 0 Å². The van der Waals surface area contributed by atoms with Gasteiger partial charge in [0.2, 0.25) is 0 Å². The first-order valence-corrected chi connectivity index (χ1v) is 6.70. The molecule has 1 N–H and O–H groups in total. The van der Waals surface area contributed by atoms with E-state index in [2.05, 4.69) is 31.1 Å². The molecule has 2 heteroatoms. The van der Waals surface area contributed by atoms with Crippen molar-refractivity contribution in [1.82, 2.24) is 10.2 Å². The highest BCUT2D eigenvalue weighted by molar-refractivity contribution is 4.53. The van der Waals surface area contributed by atoms with Crippen LogP contribution in [0.4, 0.5) is 0 Å². The summed E-state index contributed by atoms with van der Waals surface area (Å²) in [7, 11) is 2.24. The fourth-order valence-corrected chi connectivity index (χ4v) is 1.65. The van der Waals surface area contributed by atoms with Crippen LogP contribution in [0.3, 0.4) is 0 Å². The Morgan fingerprint density at radius 2 is 1.53 bits per heavy atom. The monoisotopic (exact) mass is 214 g/mol. The zero-order valence-corrected chi connectivity index (χ0v) is 11.0. The molecule has 92 valence electrons. The van der Waals surface area contributed by atoms with E-state index in [1.807, 2.05) is 0 Å². The minimum atomic E-state index is 1.18. The van der Waals surface area contributed by atoms with Gasteiger partial charge in [0, 0.05) is 0 Å². The molecule has 2 nitrogen and oxygen atoms in total. The number of unbranched alkanes of at least 4 members (excludes halogenated alkanes) is 3. The molecule has 0 aliphatic heterocycles. The molecule has 0 unspecified atom stereocenters. The minimum Gasteiger partial charge on any atom is -0.317 e. The summed E-state index contributed by atoms with van der Waals surface area (Å²) in [5.41, 5.74) is 0. The lowest BCUT2D eigenvalue weighted by molar-refractivity contribution is 0.318. The van der Waals surface area contributed by atoms with Crippen molar-refractivity contribution >= 4 is 0 Å². The van der Waals surface area contributed by atoms with Crippen molar-refractivity contribution in [3.8, 4) is 0 Å². The Morgan fingerprint density at radius 1 is 0.800 bits per heavy atom. The summed E-state index contributed by atoms with van der Waals surface area (Å²) in [4.78, 5) is 2.46. The van der Waals surface area contributed by atoms with Gasteiger partial charge in [-0.05, 0) is 58.9 Å². The van der Waals surface area contributed by atoms with Crippen LogP contribution in [0, 0.1) is 0 Å². The van der Waals surface area contributed by atoms with Crippen molar-refractivity contribution in [2.45, 2.75) is 52.4 Å². The molecule has 0 saturated heterocycles. The smallest absolute Gasteiger partial charge is 0.00218 e. The van der Waals surface area contributed by atoms with E-state index in [4.69, 9.17) is 0 Å². The highest BCUT2D eigenvalue weighted by Crippen LogP contribution is 1.98. The number of nitrogens with one attached hydrogen (secondary N) is 1. The molecule has 0 rings (SSSR count). The summed E-state index contributed by atoms with van der Waals surface area (Å²) in [5, 5.41) is 3.44. The lowest BCUT2D eigenvalue weighted by Gasteiger charge is -2.15. The van der Waals surface area contributed by atoms with Gasteiger partial charge in [0.25, 0.3) is 0 Å². The van der Waals surface area contributed by atoms with Gasteiger partial charge in [0.15, 0.2) is 0 Å². The molecule has 0 aliphatic rings. The highest BCUT2D eigenvalue weighted by Gasteiger charge is 1.96. The van der Waals surface area contributed by atoms with Crippen molar-refractivity contribution in [1.29, 1.82) is 0 Å². The lowest BCUT2D eigenvalue weighted by Crippen LogP contribution is -2.21. The van der Waals surface area contributed by atoms with Gasteiger partial charge in [0.05, 0.1) is 0 Å². The van der Waals surface area contributed by atoms with Crippen LogP contribution in [0.25, 0.3) is 0 Å². The Balaban J connectivity index is 3.02. The van der Waals surface area contributed by atoms with Crippen LogP contribution >= 0.6 is 0 Å². The molecule has 0 fully saturated rings. The van der Waals surface area contributed by atoms with Crippen molar-refractivity contribution < 1.29 is 0 Å². The van der Waals surface area contributed by atoms with Crippen molar-refractivity contribution in [2.75, 3.05) is 33.2 Å². The van der Waals surface area contributed by atoms with Gasteiger partial charge in [-0.15, -0.1) is 0 Å². The third kappa shape index (κ3) is 11.8. The largest absolute Gasteiger partial charge is 0.317 e. The second-order valence-corrected chi connectivity index (χ2v) is 4.47. The van der Waals surface area contributed by atoms with Crippen LogP contribution in [0.2, 0.25) is 0 Å². The van der Waals surface area contributed by atoms with Gasteiger partial charge in [-0.3, -0.25) is 0 Å². The molecule has 0 aromatic heterocycles. The van der Waals surface area contributed by atoms with Crippen molar-refractivity contribution in [3.63, 3.8) is 0 Å². The van der Waals surface area contributed by atoms with Crippen LogP contribution in [0.5, 0.6) is 0 Å². The molecule has 0 aromatic rings. The maximum absolute atomic E-state index is 3.44. The summed E-state index contributed by atoms with van der Waals surface area (Å²) >= 11 is 0. The van der Waals surface area contributed by atoms with Crippen molar-refractivity contribution in [3.05, 3.63) is 0 Å². The van der Waals surface area contributed by atoms with Gasteiger partial charge in [-0.2, -0.15) is 0 Å². The number of nitrogens with zero attached hydrogens (tertiary/aromatic N) is 1.